The second kappa shape index (κ2) is 7.05. The summed E-state index contributed by atoms with van der Waals surface area (Å²) in [7, 11) is 0. The number of amides is 1. The lowest BCUT2D eigenvalue weighted by molar-refractivity contribution is -0.760. The summed E-state index contributed by atoms with van der Waals surface area (Å²) < 4.78 is -1.01. The van der Waals surface area contributed by atoms with Crippen molar-refractivity contribution in [3.8, 4) is 0 Å². The number of nitrogens with one attached hydrogen (secondary N) is 2. The van der Waals surface area contributed by atoms with Crippen LogP contribution in [0.1, 0.15) is 22.6 Å². The van der Waals surface area contributed by atoms with Crippen LogP contribution < -0.4 is 0 Å². The maximum Gasteiger partial charge on any atom is 0.330 e. The van der Waals surface area contributed by atoms with E-state index in [0.29, 0.717) is 0 Å². The van der Waals surface area contributed by atoms with E-state index < -0.39 is 10.6 Å². The second-order valence-corrected chi connectivity index (χ2v) is 8.33. The van der Waals surface area contributed by atoms with Gasteiger partial charge < -0.3 is 15.2 Å². The minimum absolute atomic E-state index is 0.0738. The number of carbonyl (C=O) groups excluding carboxylic acids is 1. The number of aromatic amines is 2. The number of quaternary nitrogens is 1. The third kappa shape index (κ3) is 2.83. The van der Waals surface area contributed by atoms with Crippen molar-refractivity contribution >= 4 is 33.3 Å². The molecule has 0 spiro atoms. The molecule has 1 aliphatic heterocycles. The third-order valence-corrected chi connectivity index (χ3v) is 6.37. The molecule has 3 heterocycles. The van der Waals surface area contributed by atoms with Crippen LogP contribution in [-0.2, 0) is 11.3 Å². The Hall–Kier alpha value is -3.93. The largest absolute Gasteiger partial charge is 0.620 e. The molecule has 0 fully saturated rings. The molecule has 0 aliphatic carbocycles. The molecule has 0 saturated carbocycles. The van der Waals surface area contributed by atoms with E-state index in [-0.39, 0.29) is 12.5 Å². The fourth-order valence-electron chi connectivity index (χ4n) is 4.86. The SMILES string of the molecule is O=C1C(c2c[nH]c3ccccc23)C(c2c[nH]c3ccccc23)=C[N+]1([O-])Cc1ccccc1. The Morgan fingerprint density at radius 2 is 1.41 bits per heavy atom. The zero-order chi connectivity index (χ0) is 21.7. The van der Waals surface area contributed by atoms with Gasteiger partial charge >= 0.3 is 5.91 Å². The van der Waals surface area contributed by atoms with Gasteiger partial charge in [0.1, 0.15) is 18.7 Å². The van der Waals surface area contributed by atoms with E-state index >= 15 is 0 Å². The number of hydrogen-bond donors (Lipinski definition) is 2. The van der Waals surface area contributed by atoms with E-state index in [0.717, 1.165) is 44.1 Å². The Kier molecular flexibility index (Phi) is 4.15. The Morgan fingerprint density at radius 1 is 0.781 bits per heavy atom. The Bertz CT molecular complexity index is 1500. The third-order valence-electron chi connectivity index (χ3n) is 6.37. The smallest absolute Gasteiger partial charge is 0.330 e. The minimum Gasteiger partial charge on any atom is -0.620 e. The number of hydroxylamine groups is 3. The average Bonchev–Trinajstić information content (AvgIpc) is 3.49. The predicted molar refractivity (Wildman–Crippen MR) is 126 cm³/mol. The molecule has 2 unspecified atom stereocenters. The first-order valence-electron chi connectivity index (χ1n) is 10.7. The molecule has 5 heteroatoms. The van der Waals surface area contributed by atoms with Crippen LogP contribution in [-0.4, -0.2) is 20.5 Å². The van der Waals surface area contributed by atoms with Crippen molar-refractivity contribution in [1.82, 2.24) is 9.97 Å². The highest BCUT2D eigenvalue weighted by Crippen LogP contribution is 2.46. The predicted octanol–water partition coefficient (Wildman–Crippen LogP) is 5.83. The summed E-state index contributed by atoms with van der Waals surface area (Å²) in [5.41, 5.74) is 5.26. The van der Waals surface area contributed by atoms with Gasteiger partial charge in [-0.15, -0.1) is 0 Å². The van der Waals surface area contributed by atoms with Gasteiger partial charge in [-0.3, -0.25) is 4.65 Å². The number of para-hydroxylation sites is 2. The first-order valence-corrected chi connectivity index (χ1v) is 10.7. The molecule has 0 bridgehead atoms. The average molecular weight is 419 g/mol. The number of aromatic nitrogens is 2. The van der Waals surface area contributed by atoms with Crippen molar-refractivity contribution in [3.63, 3.8) is 0 Å². The van der Waals surface area contributed by atoms with Crippen LogP contribution in [0.25, 0.3) is 27.4 Å². The number of H-pyrrole nitrogens is 2. The van der Waals surface area contributed by atoms with Gasteiger partial charge in [-0.1, -0.05) is 66.7 Å². The number of nitrogens with zero attached hydrogens (tertiary/aromatic N) is 1. The molecule has 5 aromatic rings. The summed E-state index contributed by atoms with van der Waals surface area (Å²) in [4.78, 5) is 20.4. The number of carbonyl (C=O) groups is 1. The van der Waals surface area contributed by atoms with Crippen molar-refractivity contribution < 1.29 is 9.44 Å². The highest BCUT2D eigenvalue weighted by atomic mass is 16.6. The molecule has 0 saturated heterocycles. The van der Waals surface area contributed by atoms with Crippen molar-refractivity contribution in [2.24, 2.45) is 0 Å². The van der Waals surface area contributed by atoms with Gasteiger partial charge in [0.25, 0.3) is 0 Å². The van der Waals surface area contributed by atoms with Gasteiger partial charge in [-0.2, -0.15) is 0 Å². The van der Waals surface area contributed by atoms with E-state index in [1.54, 1.807) is 6.20 Å². The zero-order valence-electron chi connectivity index (χ0n) is 17.3. The van der Waals surface area contributed by atoms with Gasteiger partial charge in [-0.25, -0.2) is 4.79 Å². The number of hydrogen-bond acceptors (Lipinski definition) is 2. The highest BCUT2D eigenvalue weighted by Gasteiger charge is 2.46. The molecule has 156 valence electrons. The normalized spacial score (nSPS) is 20.8. The van der Waals surface area contributed by atoms with Crippen molar-refractivity contribution in [1.29, 1.82) is 0 Å². The maximum absolute atomic E-state index is 14.0. The van der Waals surface area contributed by atoms with Gasteiger partial charge in [0.05, 0.1) is 0 Å². The zero-order valence-corrected chi connectivity index (χ0v) is 17.3. The summed E-state index contributed by atoms with van der Waals surface area (Å²) in [6.45, 7) is 0.0738. The fourth-order valence-corrected chi connectivity index (χ4v) is 4.86. The van der Waals surface area contributed by atoms with E-state index in [9.17, 15) is 10.0 Å². The lowest BCUT2D eigenvalue weighted by atomic mass is 9.88. The van der Waals surface area contributed by atoms with Crippen LogP contribution >= 0.6 is 0 Å². The summed E-state index contributed by atoms with van der Waals surface area (Å²) in [6, 6.07) is 25.3. The molecule has 5 nitrogen and oxygen atoms in total. The molecule has 3 aromatic carbocycles. The molecule has 1 amide bonds. The van der Waals surface area contributed by atoms with Gasteiger partial charge in [0.15, 0.2) is 0 Å². The van der Waals surface area contributed by atoms with Crippen LogP contribution in [0.5, 0.6) is 0 Å². The molecule has 0 radical (unpaired) electrons. The van der Waals surface area contributed by atoms with Crippen LogP contribution in [0, 0.1) is 5.21 Å². The Balaban J connectivity index is 1.55. The minimum atomic E-state index is -1.01. The lowest BCUT2D eigenvalue weighted by Crippen LogP contribution is -2.40. The molecule has 2 N–H and O–H groups in total. The van der Waals surface area contributed by atoms with Gasteiger partial charge in [-0.05, 0) is 17.7 Å². The van der Waals surface area contributed by atoms with E-state index in [1.165, 1.54) is 0 Å². The van der Waals surface area contributed by atoms with Crippen LogP contribution in [0.2, 0.25) is 0 Å². The Morgan fingerprint density at radius 3 is 2.19 bits per heavy atom. The topological polar surface area (TPSA) is 71.7 Å². The standard InChI is InChI=1S/C27H21N3O2/c31-27-26(22-15-29-25-13-7-5-11-20(22)25)23(21-14-28-24-12-6-4-10-19(21)24)17-30(27,32)16-18-8-2-1-3-9-18/h1-15,17,26,28-29H,16H2. The fraction of sp³-hybridized carbons (Fsp3) is 0.0741. The molecular weight excluding hydrogens is 398 g/mol. The summed E-state index contributed by atoms with van der Waals surface area (Å²) in [6.07, 6.45) is 5.38. The van der Waals surface area contributed by atoms with E-state index in [4.69, 9.17) is 0 Å². The van der Waals surface area contributed by atoms with Crippen molar-refractivity contribution in [3.05, 3.63) is 119 Å². The molecule has 6 rings (SSSR count). The molecular formula is C27H21N3O2. The van der Waals surface area contributed by atoms with E-state index in [1.807, 2.05) is 91.3 Å². The molecule has 1 aliphatic rings. The Labute approximate surface area is 184 Å². The molecule has 2 aromatic heterocycles. The highest BCUT2D eigenvalue weighted by molar-refractivity contribution is 6.06. The summed E-state index contributed by atoms with van der Waals surface area (Å²) in [5.74, 6) is -1.01. The van der Waals surface area contributed by atoms with Gasteiger partial charge in [0, 0.05) is 50.9 Å². The molecule has 2 atom stereocenters. The quantitative estimate of drug-likeness (QED) is 0.284. The maximum atomic E-state index is 14.0. The van der Waals surface area contributed by atoms with Crippen LogP contribution in [0.4, 0.5) is 0 Å². The number of benzene rings is 3. The van der Waals surface area contributed by atoms with Crippen LogP contribution in [0.3, 0.4) is 0 Å². The molecule has 32 heavy (non-hydrogen) atoms. The van der Waals surface area contributed by atoms with Crippen molar-refractivity contribution in [2.45, 2.75) is 12.5 Å². The summed E-state index contributed by atoms with van der Waals surface area (Å²) >= 11 is 0. The lowest BCUT2D eigenvalue weighted by Gasteiger charge is -2.33. The number of fused-ring (bicyclic) bond motifs is 2. The van der Waals surface area contributed by atoms with Crippen molar-refractivity contribution in [2.75, 3.05) is 0 Å². The van der Waals surface area contributed by atoms with Gasteiger partial charge in [0.2, 0.25) is 0 Å². The first-order chi connectivity index (χ1) is 15.6. The summed E-state index contributed by atoms with van der Waals surface area (Å²) in [5, 5.41) is 15.9. The monoisotopic (exact) mass is 419 g/mol. The second-order valence-electron chi connectivity index (χ2n) is 8.33. The first kappa shape index (κ1) is 18.8. The van der Waals surface area contributed by atoms with Crippen LogP contribution in [0.15, 0.2) is 97.5 Å². The number of rotatable bonds is 4. The van der Waals surface area contributed by atoms with E-state index in [2.05, 4.69) is 9.97 Å².